The van der Waals surface area contributed by atoms with E-state index in [1.54, 1.807) is 12.1 Å². The fourth-order valence-electron chi connectivity index (χ4n) is 13.5. The van der Waals surface area contributed by atoms with Crippen molar-refractivity contribution in [3.05, 3.63) is 59.7 Å². The van der Waals surface area contributed by atoms with E-state index in [2.05, 4.69) is 13.8 Å². The molecule has 0 N–H and O–H groups in total. The van der Waals surface area contributed by atoms with Crippen LogP contribution in [-0.2, 0) is 33.1 Å². The second-order valence-electron chi connectivity index (χ2n) is 28.3. The number of rotatable bonds is 70. The molecule has 0 heterocycles. The van der Waals surface area contributed by atoms with E-state index in [0.29, 0.717) is 0 Å². The summed E-state index contributed by atoms with van der Waals surface area (Å²) in [7, 11) is -8.69. The van der Waals surface area contributed by atoms with Gasteiger partial charge in [0.05, 0.1) is 9.79 Å². The Hall–Kier alpha value is -0.169. The standard InChI is InChI=1S/2C41H76O3S.Ba/c2*1-2-3-4-5-6-7-8-9-10-11-12-13-14-15-16-17-18-19-20-21-22-23-24-25-26-27-28-29-30-31-32-33-34-36-40-37-35-38-41(39-40)45(42,43)44;/h2*35,37-39H,2-34,36H2,1H3,(H,42,43,44);/q;;+2/p-2. The fourth-order valence-corrected chi connectivity index (χ4v) is 14.6. The van der Waals surface area contributed by atoms with Crippen LogP contribution in [0.5, 0.6) is 0 Å². The first-order valence-corrected chi connectivity index (χ1v) is 43.0. The third kappa shape index (κ3) is 66.8. The summed E-state index contributed by atoms with van der Waals surface area (Å²) in [5, 5.41) is 0. The van der Waals surface area contributed by atoms with E-state index in [4.69, 9.17) is 0 Å². The molecule has 0 saturated carbocycles. The van der Waals surface area contributed by atoms with Gasteiger partial charge in [-0.05, 0) is 61.1 Å². The first-order chi connectivity index (χ1) is 44.1. The van der Waals surface area contributed by atoms with Crippen LogP contribution in [0.15, 0.2) is 58.3 Å². The number of unbranched alkanes of at least 4 members (excludes halogenated alkanes) is 64. The van der Waals surface area contributed by atoms with Crippen molar-refractivity contribution in [1.29, 1.82) is 0 Å². The molecule has 0 aromatic heterocycles. The zero-order valence-electron chi connectivity index (χ0n) is 60.7. The van der Waals surface area contributed by atoms with E-state index in [1.807, 2.05) is 12.1 Å². The van der Waals surface area contributed by atoms with Gasteiger partial charge in [0.2, 0.25) is 0 Å². The normalized spacial score (nSPS) is 11.7. The van der Waals surface area contributed by atoms with Crippen molar-refractivity contribution >= 4 is 69.1 Å². The molecule has 9 heteroatoms. The van der Waals surface area contributed by atoms with Gasteiger partial charge >= 0.3 is 48.9 Å². The molecule has 0 saturated heterocycles. The Kier molecular flexibility index (Phi) is 71.0. The molecule has 0 radical (unpaired) electrons. The maximum Gasteiger partial charge on any atom is 2.00 e. The smallest absolute Gasteiger partial charge is 0.744 e. The van der Waals surface area contributed by atoms with Gasteiger partial charge in [-0.3, -0.25) is 0 Å². The Morgan fingerprint density at radius 1 is 0.220 bits per heavy atom. The maximum absolute atomic E-state index is 11.2. The van der Waals surface area contributed by atoms with Crippen molar-refractivity contribution < 1.29 is 25.9 Å². The summed E-state index contributed by atoms with van der Waals surface area (Å²) in [6, 6.07) is 13.0. The van der Waals surface area contributed by atoms with E-state index in [9.17, 15) is 25.9 Å². The van der Waals surface area contributed by atoms with Crippen LogP contribution in [0.2, 0.25) is 0 Å². The number of hydrogen-bond donors (Lipinski definition) is 0. The second kappa shape index (κ2) is 71.1. The summed E-state index contributed by atoms with van der Waals surface area (Å²) in [5.74, 6) is 0. The van der Waals surface area contributed by atoms with Crippen molar-refractivity contribution in [3.63, 3.8) is 0 Å². The monoisotopic (exact) mass is 1430 g/mol. The third-order valence-corrected chi connectivity index (χ3v) is 21.2. The summed E-state index contributed by atoms with van der Waals surface area (Å²) in [4.78, 5) is -0.211. The quantitative estimate of drug-likeness (QED) is 0.0370. The SMILES string of the molecule is CCCCCCCCCCCCCCCCCCCCCCCCCCCCCCCCCCCc1cccc(S(=O)(=O)[O-])c1.CCCCCCCCCCCCCCCCCCCCCCCCCCCCCCCCCCCc1cccc(S(=O)(=O)[O-])c1.[Ba+2]. The van der Waals surface area contributed by atoms with Crippen LogP contribution in [-0.4, -0.2) is 74.8 Å². The Morgan fingerprint density at radius 2 is 0.352 bits per heavy atom. The van der Waals surface area contributed by atoms with Gasteiger partial charge in [-0.25, -0.2) is 16.8 Å². The molecule has 0 unspecified atom stereocenters. The van der Waals surface area contributed by atoms with Gasteiger partial charge in [-0.2, -0.15) is 0 Å². The molecular weight excluding hydrogens is 1280 g/mol. The number of hydrogen-bond acceptors (Lipinski definition) is 6. The minimum absolute atomic E-state index is 0. The van der Waals surface area contributed by atoms with Gasteiger partial charge in [-0.1, -0.05) is 449 Å². The topological polar surface area (TPSA) is 114 Å². The fraction of sp³-hybridized carbons (Fsp3) is 0.854. The molecule has 528 valence electrons. The number of aryl methyl sites for hydroxylation is 2. The molecule has 0 aliphatic carbocycles. The molecule has 2 rings (SSSR count). The molecule has 0 amide bonds. The predicted molar refractivity (Wildman–Crippen MR) is 398 cm³/mol. The Balaban J connectivity index is 0.00000176. The van der Waals surface area contributed by atoms with Crippen LogP contribution in [0.1, 0.15) is 449 Å². The van der Waals surface area contributed by atoms with Crippen LogP contribution in [0, 0.1) is 0 Å². The van der Waals surface area contributed by atoms with Gasteiger partial charge in [0.25, 0.3) is 0 Å². The second-order valence-corrected chi connectivity index (χ2v) is 31.1. The van der Waals surface area contributed by atoms with Crippen LogP contribution < -0.4 is 0 Å². The van der Waals surface area contributed by atoms with Crippen LogP contribution in [0.4, 0.5) is 0 Å². The van der Waals surface area contributed by atoms with Crippen molar-refractivity contribution in [3.8, 4) is 0 Å². The van der Waals surface area contributed by atoms with Crippen LogP contribution >= 0.6 is 0 Å². The summed E-state index contributed by atoms with van der Waals surface area (Å²) in [6.45, 7) is 4.60. The molecule has 0 bridgehead atoms. The first-order valence-electron chi connectivity index (χ1n) is 40.2. The molecule has 91 heavy (non-hydrogen) atoms. The number of benzene rings is 2. The van der Waals surface area contributed by atoms with E-state index in [1.165, 1.54) is 435 Å². The summed E-state index contributed by atoms with van der Waals surface area (Å²) < 4.78 is 66.9. The summed E-state index contributed by atoms with van der Waals surface area (Å²) >= 11 is 0. The van der Waals surface area contributed by atoms with Gasteiger partial charge in [-0.15, -0.1) is 0 Å². The van der Waals surface area contributed by atoms with E-state index < -0.39 is 20.2 Å². The van der Waals surface area contributed by atoms with Crippen LogP contribution in [0.3, 0.4) is 0 Å². The minimum atomic E-state index is -4.35. The molecule has 0 spiro atoms. The van der Waals surface area contributed by atoms with Crippen LogP contribution in [0.25, 0.3) is 0 Å². The van der Waals surface area contributed by atoms with E-state index in [-0.39, 0.29) is 58.7 Å². The Bertz CT molecular complexity index is 1850. The maximum atomic E-state index is 11.2. The Morgan fingerprint density at radius 3 is 0.484 bits per heavy atom. The average molecular weight is 1430 g/mol. The molecule has 6 nitrogen and oxygen atoms in total. The molecule has 2 aromatic carbocycles. The van der Waals surface area contributed by atoms with Crippen molar-refractivity contribution in [2.24, 2.45) is 0 Å². The Labute approximate surface area is 609 Å². The molecular formula is C82H150BaO6S2. The zero-order chi connectivity index (χ0) is 65.0. The van der Waals surface area contributed by atoms with Crippen molar-refractivity contribution in [2.75, 3.05) is 0 Å². The molecule has 0 fully saturated rings. The molecule has 0 atom stereocenters. The van der Waals surface area contributed by atoms with E-state index >= 15 is 0 Å². The molecule has 2 aromatic rings. The minimum Gasteiger partial charge on any atom is -0.744 e. The summed E-state index contributed by atoms with van der Waals surface area (Å²) in [5.41, 5.74) is 1.90. The van der Waals surface area contributed by atoms with E-state index in [0.717, 1.165) is 36.8 Å². The third-order valence-electron chi connectivity index (χ3n) is 19.5. The van der Waals surface area contributed by atoms with Crippen molar-refractivity contribution in [1.82, 2.24) is 0 Å². The van der Waals surface area contributed by atoms with Crippen molar-refractivity contribution in [2.45, 2.75) is 460 Å². The predicted octanol–water partition coefficient (Wildman–Crippen LogP) is 27.7. The summed E-state index contributed by atoms with van der Waals surface area (Å²) in [6.07, 6.45) is 95.0. The van der Waals surface area contributed by atoms with Gasteiger partial charge in [0, 0.05) is 0 Å². The molecule has 0 aliphatic rings. The molecule has 0 aliphatic heterocycles. The largest absolute Gasteiger partial charge is 2.00 e. The average Bonchev–Trinajstić information content (AvgIpc) is 1.96. The zero-order valence-corrected chi connectivity index (χ0v) is 66.7. The van der Waals surface area contributed by atoms with Gasteiger partial charge < -0.3 is 9.11 Å². The first kappa shape index (κ1) is 90.8. The van der Waals surface area contributed by atoms with Gasteiger partial charge in [0.15, 0.2) is 0 Å². The van der Waals surface area contributed by atoms with Gasteiger partial charge in [0.1, 0.15) is 20.2 Å².